The predicted molar refractivity (Wildman–Crippen MR) is 324 cm³/mol. The summed E-state index contributed by atoms with van der Waals surface area (Å²) in [6.45, 7) is 4.90. The number of ether oxygens (including phenoxy) is 1. The van der Waals surface area contributed by atoms with Crippen LogP contribution in [0.4, 0.5) is 0 Å². The van der Waals surface area contributed by atoms with Gasteiger partial charge >= 0.3 is 5.97 Å². The van der Waals surface area contributed by atoms with Crippen LogP contribution in [-0.2, 0) is 14.3 Å². The summed E-state index contributed by atoms with van der Waals surface area (Å²) in [5, 5.41) is 23.2. The van der Waals surface area contributed by atoms with Crippen LogP contribution in [0.3, 0.4) is 0 Å². The van der Waals surface area contributed by atoms with Gasteiger partial charge in [0.05, 0.1) is 25.4 Å². The molecule has 1 amide bonds. The van der Waals surface area contributed by atoms with Gasteiger partial charge in [-0.3, -0.25) is 9.59 Å². The van der Waals surface area contributed by atoms with Crippen LogP contribution in [0.2, 0.25) is 0 Å². The second-order valence-corrected chi connectivity index (χ2v) is 22.8. The molecule has 74 heavy (non-hydrogen) atoms. The van der Waals surface area contributed by atoms with Crippen LogP contribution >= 0.6 is 0 Å². The van der Waals surface area contributed by atoms with Crippen molar-refractivity contribution in [3.8, 4) is 0 Å². The van der Waals surface area contributed by atoms with Gasteiger partial charge in [0.15, 0.2) is 0 Å². The average molecular weight is 1040 g/mol. The van der Waals surface area contributed by atoms with E-state index in [1.807, 2.05) is 6.08 Å². The lowest BCUT2D eigenvalue weighted by Gasteiger charge is -2.20. The predicted octanol–water partition coefficient (Wildman–Crippen LogP) is 21.1. The van der Waals surface area contributed by atoms with Crippen LogP contribution < -0.4 is 5.32 Å². The van der Waals surface area contributed by atoms with E-state index in [-0.39, 0.29) is 18.5 Å². The van der Waals surface area contributed by atoms with Gasteiger partial charge in [-0.05, 0) is 64.2 Å². The molecule has 0 aromatic heterocycles. The normalized spacial score (nSPS) is 12.8. The van der Waals surface area contributed by atoms with Gasteiger partial charge in [-0.2, -0.15) is 0 Å². The summed E-state index contributed by atoms with van der Waals surface area (Å²) < 4.78 is 5.48. The lowest BCUT2D eigenvalue weighted by atomic mass is 10.0. The number of allylic oxidation sites excluding steroid dienone is 5. The molecule has 436 valence electrons. The molecule has 0 rings (SSSR count). The molecule has 0 saturated carbocycles. The van der Waals surface area contributed by atoms with Crippen LogP contribution in [0, 0.1) is 0 Å². The largest absolute Gasteiger partial charge is 0.466 e. The molecule has 2 atom stereocenters. The highest BCUT2D eigenvalue weighted by Crippen LogP contribution is 2.18. The molecule has 6 heteroatoms. The van der Waals surface area contributed by atoms with E-state index in [1.165, 1.54) is 283 Å². The molecule has 0 saturated heterocycles. The highest BCUT2D eigenvalue weighted by atomic mass is 16.5. The number of carbonyl (C=O) groups excluding carboxylic acids is 2. The molecule has 0 bridgehead atoms. The minimum absolute atomic E-state index is 0.000967. The summed E-state index contributed by atoms with van der Waals surface area (Å²) in [6.07, 6.45) is 80.5. The third kappa shape index (κ3) is 59.3. The summed E-state index contributed by atoms with van der Waals surface area (Å²) in [5.74, 6) is -0.0663. The molecule has 0 aliphatic heterocycles. The Labute approximate surface area is 462 Å². The Morgan fingerprint density at radius 3 is 1.05 bits per heavy atom. The van der Waals surface area contributed by atoms with Crippen molar-refractivity contribution in [3.63, 3.8) is 0 Å². The fourth-order valence-electron chi connectivity index (χ4n) is 10.3. The standard InChI is InChI=1S/C68H129NO5/c1-3-5-7-9-11-13-15-17-19-20-21-26-29-33-36-40-44-48-52-56-60-66(71)65(64-70)69-67(72)61-57-53-49-45-41-37-34-30-27-24-22-23-25-28-31-35-39-43-47-51-55-59-63-74-68(73)62-58-54-50-46-42-38-32-18-16-14-12-10-8-6-4-2/h12,14,18,32,56,60,65-66,70-71H,3-11,13,15-17,19-31,33-55,57-59,61-64H2,1-2H3,(H,69,72)/b14-12-,32-18-,60-56+. The van der Waals surface area contributed by atoms with E-state index in [0.717, 1.165) is 51.4 Å². The molecule has 0 aromatic carbocycles. The van der Waals surface area contributed by atoms with Crippen molar-refractivity contribution >= 4 is 11.9 Å². The van der Waals surface area contributed by atoms with Crippen LogP contribution in [0.1, 0.15) is 361 Å². The first-order valence-electron chi connectivity index (χ1n) is 33.3. The number of aliphatic hydroxyl groups excluding tert-OH is 2. The smallest absolute Gasteiger partial charge is 0.305 e. The Hall–Kier alpha value is -1.92. The zero-order chi connectivity index (χ0) is 53.6. The van der Waals surface area contributed by atoms with Crippen LogP contribution in [0.25, 0.3) is 0 Å². The Balaban J connectivity index is 3.41. The van der Waals surface area contributed by atoms with Crippen molar-refractivity contribution in [1.29, 1.82) is 0 Å². The first-order chi connectivity index (χ1) is 36.5. The summed E-state index contributed by atoms with van der Waals surface area (Å²) in [5.41, 5.74) is 0. The van der Waals surface area contributed by atoms with Crippen molar-refractivity contribution < 1.29 is 24.5 Å². The average Bonchev–Trinajstić information content (AvgIpc) is 3.40. The van der Waals surface area contributed by atoms with E-state index in [0.29, 0.717) is 19.4 Å². The molecular weight excluding hydrogens is 911 g/mol. The third-order valence-corrected chi connectivity index (χ3v) is 15.4. The number of carbonyl (C=O) groups is 2. The minimum atomic E-state index is -0.846. The summed E-state index contributed by atoms with van der Waals surface area (Å²) in [7, 11) is 0. The van der Waals surface area contributed by atoms with Crippen molar-refractivity contribution in [2.45, 2.75) is 373 Å². The zero-order valence-corrected chi connectivity index (χ0v) is 49.8. The SMILES string of the molecule is CCCCC/C=C\C/C=C\CCCCCCCC(=O)OCCCCCCCCCCCCCCCCCCCCCCCCC(=O)NC(CO)C(O)/C=C/CCCCCCCCCCCCCCCCCCCC. The summed E-state index contributed by atoms with van der Waals surface area (Å²) >= 11 is 0. The topological polar surface area (TPSA) is 95.9 Å². The van der Waals surface area contributed by atoms with Gasteiger partial charge in [-0.1, -0.05) is 320 Å². The molecule has 0 radical (unpaired) electrons. The number of unbranched alkanes of at least 4 members (excludes halogenated alkanes) is 47. The molecule has 0 fully saturated rings. The molecule has 0 aliphatic rings. The third-order valence-electron chi connectivity index (χ3n) is 15.4. The van der Waals surface area contributed by atoms with Gasteiger partial charge in [0.2, 0.25) is 5.91 Å². The Bertz CT molecular complexity index is 1200. The van der Waals surface area contributed by atoms with Gasteiger partial charge in [0.25, 0.3) is 0 Å². The number of aliphatic hydroxyl groups is 2. The molecule has 0 aliphatic carbocycles. The van der Waals surface area contributed by atoms with Crippen LogP contribution in [0.5, 0.6) is 0 Å². The van der Waals surface area contributed by atoms with Crippen molar-refractivity contribution in [2.24, 2.45) is 0 Å². The maximum Gasteiger partial charge on any atom is 0.305 e. The molecule has 0 spiro atoms. The maximum atomic E-state index is 12.5. The second kappa shape index (κ2) is 63.6. The highest BCUT2D eigenvalue weighted by molar-refractivity contribution is 5.76. The number of nitrogens with one attached hydrogen (secondary N) is 1. The number of amides is 1. The van der Waals surface area contributed by atoms with Crippen LogP contribution in [0.15, 0.2) is 36.5 Å². The number of rotatable bonds is 62. The number of hydrogen-bond acceptors (Lipinski definition) is 5. The van der Waals surface area contributed by atoms with Crippen molar-refractivity contribution in [3.05, 3.63) is 36.5 Å². The van der Waals surface area contributed by atoms with E-state index >= 15 is 0 Å². The molecule has 2 unspecified atom stereocenters. The highest BCUT2D eigenvalue weighted by Gasteiger charge is 2.18. The molecule has 6 nitrogen and oxygen atoms in total. The summed E-state index contributed by atoms with van der Waals surface area (Å²) in [6, 6.07) is -0.629. The van der Waals surface area contributed by atoms with Gasteiger partial charge in [0, 0.05) is 12.8 Å². The zero-order valence-electron chi connectivity index (χ0n) is 49.8. The lowest BCUT2D eigenvalue weighted by Crippen LogP contribution is -2.45. The Kier molecular flexibility index (Phi) is 62.0. The molecule has 3 N–H and O–H groups in total. The van der Waals surface area contributed by atoms with Crippen LogP contribution in [-0.4, -0.2) is 47.4 Å². The van der Waals surface area contributed by atoms with E-state index in [9.17, 15) is 19.8 Å². The number of esters is 1. The molecule has 0 heterocycles. The monoisotopic (exact) mass is 1040 g/mol. The molecule has 0 aromatic rings. The maximum absolute atomic E-state index is 12.5. The molecular formula is C68H129NO5. The van der Waals surface area contributed by atoms with E-state index < -0.39 is 12.1 Å². The van der Waals surface area contributed by atoms with E-state index in [2.05, 4.69) is 43.5 Å². The first-order valence-corrected chi connectivity index (χ1v) is 33.3. The quantitative estimate of drug-likeness (QED) is 0.0320. The van der Waals surface area contributed by atoms with Gasteiger partial charge in [-0.15, -0.1) is 0 Å². The van der Waals surface area contributed by atoms with E-state index in [4.69, 9.17) is 4.74 Å². The first kappa shape index (κ1) is 72.1. The van der Waals surface area contributed by atoms with Gasteiger partial charge < -0.3 is 20.3 Å². The number of hydrogen-bond donors (Lipinski definition) is 3. The minimum Gasteiger partial charge on any atom is -0.466 e. The summed E-state index contributed by atoms with van der Waals surface area (Å²) in [4.78, 5) is 24.6. The fraction of sp³-hybridized carbons (Fsp3) is 0.882. The Morgan fingerprint density at radius 1 is 0.378 bits per heavy atom. The second-order valence-electron chi connectivity index (χ2n) is 22.8. The lowest BCUT2D eigenvalue weighted by molar-refractivity contribution is -0.143. The van der Waals surface area contributed by atoms with Crippen molar-refractivity contribution in [2.75, 3.05) is 13.2 Å². The van der Waals surface area contributed by atoms with Gasteiger partial charge in [-0.25, -0.2) is 0 Å². The fourth-order valence-corrected chi connectivity index (χ4v) is 10.3. The van der Waals surface area contributed by atoms with E-state index in [1.54, 1.807) is 6.08 Å². The Morgan fingerprint density at radius 2 is 0.676 bits per heavy atom. The van der Waals surface area contributed by atoms with Gasteiger partial charge in [0.1, 0.15) is 0 Å². The van der Waals surface area contributed by atoms with Crippen molar-refractivity contribution in [1.82, 2.24) is 5.32 Å².